The topological polar surface area (TPSA) is 105 Å². The summed E-state index contributed by atoms with van der Waals surface area (Å²) >= 11 is 0. The molecule has 8 heteroatoms. The van der Waals surface area contributed by atoms with E-state index >= 15 is 0 Å². The molecule has 0 radical (unpaired) electrons. The third-order valence-electron chi connectivity index (χ3n) is 3.62. The van der Waals surface area contributed by atoms with Crippen molar-refractivity contribution < 1.29 is 22.7 Å². The third kappa shape index (κ3) is 3.10. The third-order valence-corrected chi connectivity index (χ3v) is 5.39. The molecule has 0 spiro atoms. The van der Waals surface area contributed by atoms with E-state index in [2.05, 4.69) is 15.0 Å². The van der Waals surface area contributed by atoms with Crippen LogP contribution in [0.15, 0.2) is 0 Å². The van der Waals surface area contributed by atoms with Crippen molar-refractivity contribution >= 4 is 21.7 Å². The molecule has 2 heterocycles. The van der Waals surface area contributed by atoms with Gasteiger partial charge in [-0.15, -0.1) is 0 Å². The van der Waals surface area contributed by atoms with Gasteiger partial charge < -0.3 is 15.0 Å². The SMILES string of the molecule is COC(=O)c1c(C)[nH]c(C(=O)N[C@@H]2CCS(=O)(=O)C2)c1C. The van der Waals surface area contributed by atoms with Crippen molar-refractivity contribution in [3.05, 3.63) is 22.5 Å². The number of aryl methyl sites for hydroxylation is 1. The lowest BCUT2D eigenvalue weighted by molar-refractivity contribution is 0.0599. The highest BCUT2D eigenvalue weighted by Gasteiger charge is 2.30. The van der Waals surface area contributed by atoms with Crippen LogP contribution in [0.3, 0.4) is 0 Å². The van der Waals surface area contributed by atoms with Crippen molar-refractivity contribution in [2.24, 2.45) is 0 Å². The number of carbonyl (C=O) groups is 2. The molecule has 0 aliphatic carbocycles. The first kappa shape index (κ1) is 15.6. The first-order chi connectivity index (χ1) is 9.75. The van der Waals surface area contributed by atoms with E-state index in [9.17, 15) is 18.0 Å². The van der Waals surface area contributed by atoms with Crippen LogP contribution >= 0.6 is 0 Å². The molecule has 1 saturated heterocycles. The Hall–Kier alpha value is -1.83. The molecule has 1 aliphatic heterocycles. The van der Waals surface area contributed by atoms with Crippen LogP contribution in [0.1, 0.15) is 38.5 Å². The Morgan fingerprint density at radius 1 is 1.33 bits per heavy atom. The van der Waals surface area contributed by atoms with E-state index in [1.165, 1.54) is 7.11 Å². The van der Waals surface area contributed by atoms with Crippen LogP contribution in [0.25, 0.3) is 0 Å². The number of sulfone groups is 1. The highest BCUT2D eigenvalue weighted by atomic mass is 32.2. The molecular formula is C13H18N2O5S. The Morgan fingerprint density at radius 3 is 2.52 bits per heavy atom. The van der Waals surface area contributed by atoms with Crippen LogP contribution in [0.2, 0.25) is 0 Å². The van der Waals surface area contributed by atoms with Crippen molar-refractivity contribution in [2.75, 3.05) is 18.6 Å². The van der Waals surface area contributed by atoms with E-state index < -0.39 is 21.7 Å². The lowest BCUT2D eigenvalue weighted by atomic mass is 10.1. The number of methoxy groups -OCH3 is 1. The van der Waals surface area contributed by atoms with E-state index in [0.717, 1.165) is 0 Å². The Morgan fingerprint density at radius 2 is 2.00 bits per heavy atom. The molecule has 1 aromatic rings. The zero-order valence-electron chi connectivity index (χ0n) is 12.1. The van der Waals surface area contributed by atoms with Crippen molar-refractivity contribution in [3.63, 3.8) is 0 Å². The lowest BCUT2D eigenvalue weighted by Crippen LogP contribution is -2.36. The molecule has 116 valence electrons. The van der Waals surface area contributed by atoms with Crippen LogP contribution in [0.5, 0.6) is 0 Å². The summed E-state index contributed by atoms with van der Waals surface area (Å²) in [5, 5.41) is 2.69. The van der Waals surface area contributed by atoms with E-state index in [1.54, 1.807) is 13.8 Å². The number of carbonyl (C=O) groups excluding carboxylic acids is 2. The van der Waals surface area contributed by atoms with Gasteiger partial charge in [-0.25, -0.2) is 13.2 Å². The minimum atomic E-state index is -3.05. The summed E-state index contributed by atoms with van der Waals surface area (Å²) in [6, 6.07) is -0.382. The number of rotatable bonds is 3. The van der Waals surface area contributed by atoms with Crippen molar-refractivity contribution in [2.45, 2.75) is 26.3 Å². The Labute approximate surface area is 123 Å². The summed E-state index contributed by atoms with van der Waals surface area (Å²) in [6.45, 7) is 3.33. The van der Waals surface area contributed by atoms with Gasteiger partial charge in [0.2, 0.25) is 0 Å². The van der Waals surface area contributed by atoms with Crippen LogP contribution in [0, 0.1) is 13.8 Å². The number of esters is 1. The highest BCUT2D eigenvalue weighted by Crippen LogP contribution is 2.19. The van der Waals surface area contributed by atoms with Gasteiger partial charge in [0.15, 0.2) is 9.84 Å². The number of H-pyrrole nitrogens is 1. The second kappa shape index (κ2) is 5.51. The molecular weight excluding hydrogens is 296 g/mol. The Balaban J connectivity index is 2.19. The Bertz CT molecular complexity index is 690. The fourth-order valence-corrected chi connectivity index (χ4v) is 4.23. The summed E-state index contributed by atoms with van der Waals surface area (Å²) in [5.41, 5.74) is 1.64. The van der Waals surface area contributed by atoms with Crippen molar-refractivity contribution in [1.29, 1.82) is 0 Å². The van der Waals surface area contributed by atoms with Crippen LogP contribution in [-0.2, 0) is 14.6 Å². The molecule has 0 aromatic carbocycles. The predicted octanol–water partition coefficient (Wildman–Crippen LogP) is 0.335. The fourth-order valence-electron chi connectivity index (χ4n) is 2.55. The lowest BCUT2D eigenvalue weighted by Gasteiger charge is -2.10. The number of nitrogens with one attached hydrogen (secondary N) is 2. The highest BCUT2D eigenvalue weighted by molar-refractivity contribution is 7.91. The van der Waals surface area contributed by atoms with Crippen molar-refractivity contribution in [3.8, 4) is 0 Å². The number of amides is 1. The average molecular weight is 314 g/mol. The van der Waals surface area contributed by atoms with Crippen LogP contribution in [-0.4, -0.2) is 49.9 Å². The molecule has 2 N–H and O–H groups in total. The molecule has 1 amide bonds. The zero-order valence-corrected chi connectivity index (χ0v) is 13.0. The van der Waals surface area contributed by atoms with Gasteiger partial charge in [-0.1, -0.05) is 0 Å². The zero-order chi connectivity index (χ0) is 15.8. The predicted molar refractivity (Wildman–Crippen MR) is 76.1 cm³/mol. The van der Waals surface area contributed by atoms with E-state index in [1.807, 2.05) is 0 Å². The molecule has 1 atom stereocenters. The van der Waals surface area contributed by atoms with Gasteiger partial charge in [-0.3, -0.25) is 4.79 Å². The van der Waals surface area contributed by atoms with Gasteiger partial charge in [0.25, 0.3) is 5.91 Å². The minimum Gasteiger partial charge on any atom is -0.465 e. The van der Waals surface area contributed by atoms with Gasteiger partial charge in [0, 0.05) is 11.7 Å². The molecule has 1 aromatic heterocycles. The number of aromatic nitrogens is 1. The van der Waals surface area contributed by atoms with E-state index in [0.29, 0.717) is 23.2 Å². The Kier molecular flexibility index (Phi) is 4.08. The quantitative estimate of drug-likeness (QED) is 0.782. The minimum absolute atomic E-state index is 0.0403. The molecule has 0 bridgehead atoms. The molecule has 1 fully saturated rings. The maximum atomic E-state index is 12.2. The van der Waals surface area contributed by atoms with Crippen LogP contribution in [0.4, 0.5) is 0 Å². The summed E-state index contributed by atoms with van der Waals surface area (Å²) in [4.78, 5) is 26.7. The second-order valence-electron chi connectivity index (χ2n) is 5.19. The fraction of sp³-hybridized carbons (Fsp3) is 0.538. The average Bonchev–Trinajstić information content (AvgIpc) is 2.88. The first-order valence-electron chi connectivity index (χ1n) is 6.54. The smallest absolute Gasteiger partial charge is 0.339 e. The number of ether oxygens (including phenoxy) is 1. The maximum absolute atomic E-state index is 12.2. The normalized spacial score (nSPS) is 20.2. The number of hydrogen-bond donors (Lipinski definition) is 2. The first-order valence-corrected chi connectivity index (χ1v) is 8.36. The van der Waals surface area contributed by atoms with Crippen LogP contribution < -0.4 is 5.32 Å². The number of aromatic amines is 1. The summed E-state index contributed by atoms with van der Waals surface area (Å²) in [7, 11) is -1.78. The van der Waals surface area contributed by atoms with Crippen molar-refractivity contribution in [1.82, 2.24) is 10.3 Å². The molecule has 0 saturated carbocycles. The molecule has 0 unspecified atom stereocenters. The van der Waals surface area contributed by atoms with Gasteiger partial charge in [0.05, 0.1) is 24.2 Å². The summed E-state index contributed by atoms with van der Waals surface area (Å²) < 4.78 is 27.5. The summed E-state index contributed by atoms with van der Waals surface area (Å²) in [6.07, 6.45) is 0.413. The maximum Gasteiger partial charge on any atom is 0.339 e. The largest absolute Gasteiger partial charge is 0.465 e. The van der Waals surface area contributed by atoms with Gasteiger partial charge in [0.1, 0.15) is 5.69 Å². The van der Waals surface area contributed by atoms with Gasteiger partial charge >= 0.3 is 5.97 Å². The summed E-state index contributed by atoms with van der Waals surface area (Å²) in [5.74, 6) is -0.869. The van der Waals surface area contributed by atoms with E-state index in [-0.39, 0.29) is 23.2 Å². The molecule has 1 aliphatic rings. The molecule has 7 nitrogen and oxygen atoms in total. The monoisotopic (exact) mass is 314 g/mol. The molecule has 21 heavy (non-hydrogen) atoms. The molecule has 2 rings (SSSR count). The second-order valence-corrected chi connectivity index (χ2v) is 7.42. The standard InChI is InChI=1S/C13H18N2O5S/c1-7-10(13(17)20-3)8(2)14-11(7)12(16)15-9-4-5-21(18,19)6-9/h9,14H,4-6H2,1-3H3,(H,15,16)/t9-/m1/s1. The van der Waals surface area contributed by atoms with Gasteiger partial charge in [-0.2, -0.15) is 0 Å². The van der Waals surface area contributed by atoms with Gasteiger partial charge in [-0.05, 0) is 25.8 Å². The number of hydrogen-bond acceptors (Lipinski definition) is 5. The van der Waals surface area contributed by atoms with E-state index in [4.69, 9.17) is 0 Å².